The van der Waals surface area contributed by atoms with E-state index in [2.05, 4.69) is 15.5 Å². The summed E-state index contributed by atoms with van der Waals surface area (Å²) in [7, 11) is 0. The van der Waals surface area contributed by atoms with Gasteiger partial charge in [-0.15, -0.1) is 5.10 Å². The van der Waals surface area contributed by atoms with Gasteiger partial charge in [0, 0.05) is 0 Å². The number of carbonyl (C=O) groups is 1. The molecule has 1 heterocycles. The summed E-state index contributed by atoms with van der Waals surface area (Å²) in [5, 5.41) is 13.2. The number of rotatable bonds is 6. The number of hydrogen-bond acceptors (Lipinski definition) is 5. The molecule has 6 nitrogen and oxygen atoms in total. The Balaban J connectivity index is 1.86. The van der Waals surface area contributed by atoms with Crippen LogP contribution in [0.1, 0.15) is 5.56 Å². The molecule has 0 saturated heterocycles. The van der Waals surface area contributed by atoms with Crippen LogP contribution in [0.25, 0.3) is 0 Å². The molecule has 1 aromatic heterocycles. The van der Waals surface area contributed by atoms with Crippen molar-refractivity contribution < 1.29 is 18.0 Å². The van der Waals surface area contributed by atoms with Crippen LogP contribution in [0, 0.1) is 0 Å². The van der Waals surface area contributed by atoms with Gasteiger partial charge in [-0.1, -0.05) is 42.1 Å². The summed E-state index contributed by atoms with van der Waals surface area (Å²) in [6.07, 6.45) is -4.42. The van der Waals surface area contributed by atoms with Crippen molar-refractivity contribution in [1.82, 2.24) is 25.5 Å². The fourth-order valence-electron chi connectivity index (χ4n) is 1.54. The second-order valence-corrected chi connectivity index (χ2v) is 5.23. The monoisotopic (exact) mass is 331 g/mol. The number of halogens is 3. The normalized spacial score (nSPS) is 11.4. The van der Waals surface area contributed by atoms with Gasteiger partial charge in [0.1, 0.15) is 6.54 Å². The van der Waals surface area contributed by atoms with E-state index in [1.54, 1.807) is 5.32 Å². The quantitative estimate of drug-likeness (QED) is 0.812. The summed E-state index contributed by atoms with van der Waals surface area (Å²) in [5.74, 6) is -0.915. The number of hydrogen-bond donors (Lipinski definition) is 1. The first-order chi connectivity index (χ1) is 10.4. The van der Waals surface area contributed by atoms with Gasteiger partial charge in [0.25, 0.3) is 0 Å². The number of amides is 1. The van der Waals surface area contributed by atoms with Crippen LogP contribution >= 0.6 is 11.8 Å². The fourth-order valence-corrected chi connectivity index (χ4v) is 2.24. The standard InChI is InChI=1S/C12H12F3N5OS/c13-12(14,15)8-16-10(21)7-22-11-17-18-19-20(11)6-9-4-2-1-3-5-9/h1-5H,6-8H2,(H,16,21). The highest BCUT2D eigenvalue weighted by Gasteiger charge is 2.27. The highest BCUT2D eigenvalue weighted by atomic mass is 32.2. The van der Waals surface area contributed by atoms with Gasteiger partial charge in [-0.25, -0.2) is 4.68 Å². The molecule has 0 spiro atoms. The average Bonchev–Trinajstić information content (AvgIpc) is 2.90. The third-order valence-electron chi connectivity index (χ3n) is 2.49. The van der Waals surface area contributed by atoms with Crippen molar-refractivity contribution >= 4 is 17.7 Å². The molecule has 0 atom stereocenters. The summed E-state index contributed by atoms with van der Waals surface area (Å²) in [4.78, 5) is 11.3. The highest BCUT2D eigenvalue weighted by Crippen LogP contribution is 2.16. The Hall–Kier alpha value is -2.10. The second-order valence-electron chi connectivity index (χ2n) is 4.29. The SMILES string of the molecule is O=C(CSc1nnnn1Cc1ccccc1)NCC(F)(F)F. The largest absolute Gasteiger partial charge is 0.405 e. The molecule has 0 bridgehead atoms. The summed E-state index contributed by atoms with van der Waals surface area (Å²) >= 11 is 0.979. The zero-order valence-electron chi connectivity index (χ0n) is 11.2. The molecule has 0 aliphatic rings. The highest BCUT2D eigenvalue weighted by molar-refractivity contribution is 7.99. The topological polar surface area (TPSA) is 72.7 Å². The van der Waals surface area contributed by atoms with E-state index in [0.29, 0.717) is 11.7 Å². The molecule has 1 aromatic carbocycles. The molecule has 1 amide bonds. The van der Waals surface area contributed by atoms with Gasteiger partial charge in [-0.05, 0) is 16.0 Å². The van der Waals surface area contributed by atoms with Gasteiger partial charge >= 0.3 is 6.18 Å². The average molecular weight is 331 g/mol. The first-order valence-electron chi connectivity index (χ1n) is 6.20. The van der Waals surface area contributed by atoms with E-state index in [0.717, 1.165) is 17.3 Å². The van der Waals surface area contributed by atoms with Crippen LogP contribution in [0.3, 0.4) is 0 Å². The third kappa shape index (κ3) is 5.35. The maximum Gasteiger partial charge on any atom is 0.405 e. The zero-order valence-corrected chi connectivity index (χ0v) is 12.1. The van der Waals surface area contributed by atoms with Crippen molar-refractivity contribution in [3.63, 3.8) is 0 Å². The number of nitrogens with zero attached hydrogens (tertiary/aromatic N) is 4. The van der Waals surface area contributed by atoms with E-state index >= 15 is 0 Å². The van der Waals surface area contributed by atoms with Crippen molar-refractivity contribution in [2.75, 3.05) is 12.3 Å². The van der Waals surface area contributed by atoms with E-state index in [1.165, 1.54) is 4.68 Å². The Labute approximate surface area is 128 Å². The second kappa shape index (κ2) is 7.25. The van der Waals surface area contributed by atoms with Crippen molar-refractivity contribution in [3.05, 3.63) is 35.9 Å². The van der Waals surface area contributed by atoms with Crippen molar-refractivity contribution in [3.8, 4) is 0 Å². The molecule has 2 aromatic rings. The molecule has 118 valence electrons. The first-order valence-corrected chi connectivity index (χ1v) is 7.19. The van der Waals surface area contributed by atoms with Crippen LogP contribution < -0.4 is 5.32 Å². The molecule has 0 aliphatic carbocycles. The lowest BCUT2D eigenvalue weighted by atomic mass is 10.2. The van der Waals surface area contributed by atoms with E-state index < -0.39 is 18.6 Å². The van der Waals surface area contributed by atoms with Crippen LogP contribution in [0.4, 0.5) is 13.2 Å². The van der Waals surface area contributed by atoms with E-state index in [-0.39, 0.29) is 5.75 Å². The Morgan fingerprint density at radius 1 is 1.27 bits per heavy atom. The van der Waals surface area contributed by atoms with Crippen molar-refractivity contribution in [1.29, 1.82) is 0 Å². The lowest BCUT2D eigenvalue weighted by molar-refractivity contribution is -0.136. The predicted octanol–water partition coefficient (Wildman–Crippen LogP) is 1.49. The van der Waals surface area contributed by atoms with Crippen LogP contribution in [0.5, 0.6) is 0 Å². The zero-order chi connectivity index (χ0) is 16.0. The van der Waals surface area contributed by atoms with Crippen LogP contribution in [-0.2, 0) is 11.3 Å². The van der Waals surface area contributed by atoms with Gasteiger partial charge in [-0.3, -0.25) is 4.79 Å². The minimum absolute atomic E-state index is 0.189. The van der Waals surface area contributed by atoms with Gasteiger partial charge in [0.15, 0.2) is 0 Å². The van der Waals surface area contributed by atoms with E-state index in [9.17, 15) is 18.0 Å². The van der Waals surface area contributed by atoms with Gasteiger partial charge < -0.3 is 5.32 Å². The number of thioether (sulfide) groups is 1. The molecule has 22 heavy (non-hydrogen) atoms. The molecule has 1 N–H and O–H groups in total. The predicted molar refractivity (Wildman–Crippen MR) is 73.1 cm³/mol. The minimum atomic E-state index is -4.42. The Bertz CT molecular complexity index is 617. The number of tetrazole rings is 1. The maximum atomic E-state index is 12.0. The lowest BCUT2D eigenvalue weighted by Gasteiger charge is -2.08. The fraction of sp³-hybridized carbons (Fsp3) is 0.333. The first kappa shape index (κ1) is 16.3. The molecule has 0 saturated carbocycles. The van der Waals surface area contributed by atoms with Crippen molar-refractivity contribution in [2.24, 2.45) is 0 Å². The maximum absolute atomic E-state index is 12.0. The minimum Gasteiger partial charge on any atom is -0.346 e. The molecule has 0 radical (unpaired) electrons. The van der Waals surface area contributed by atoms with Crippen LogP contribution in [0.2, 0.25) is 0 Å². The molecule has 10 heteroatoms. The van der Waals surface area contributed by atoms with Gasteiger partial charge in [0.05, 0.1) is 12.3 Å². The van der Waals surface area contributed by atoms with Gasteiger partial charge in [-0.2, -0.15) is 13.2 Å². The summed E-state index contributed by atoms with van der Waals surface area (Å²) in [6, 6.07) is 9.41. The molecular formula is C12H12F3N5OS. The summed E-state index contributed by atoms with van der Waals surface area (Å²) in [5.41, 5.74) is 0.971. The number of aromatic nitrogens is 4. The lowest BCUT2D eigenvalue weighted by Crippen LogP contribution is -2.34. The Kier molecular flexibility index (Phi) is 5.36. The molecule has 2 rings (SSSR count). The number of alkyl halides is 3. The molecule has 0 unspecified atom stereocenters. The van der Waals surface area contributed by atoms with Crippen LogP contribution in [-0.4, -0.2) is 44.6 Å². The van der Waals surface area contributed by atoms with Crippen LogP contribution in [0.15, 0.2) is 35.5 Å². The summed E-state index contributed by atoms with van der Waals surface area (Å²) < 4.78 is 37.4. The number of benzene rings is 1. The van der Waals surface area contributed by atoms with Crippen molar-refractivity contribution in [2.45, 2.75) is 17.9 Å². The number of carbonyl (C=O) groups excluding carboxylic acids is 1. The Morgan fingerprint density at radius 3 is 2.68 bits per heavy atom. The van der Waals surface area contributed by atoms with Gasteiger partial charge in [0.2, 0.25) is 11.1 Å². The Morgan fingerprint density at radius 2 is 2.00 bits per heavy atom. The van der Waals surface area contributed by atoms with E-state index in [1.807, 2.05) is 30.3 Å². The third-order valence-corrected chi connectivity index (χ3v) is 3.45. The van der Waals surface area contributed by atoms with E-state index in [4.69, 9.17) is 0 Å². The summed E-state index contributed by atoms with van der Waals surface area (Å²) in [6.45, 7) is -0.929. The molecule has 0 fully saturated rings. The molecular weight excluding hydrogens is 319 g/mol. The number of nitrogens with one attached hydrogen (secondary N) is 1. The molecule has 0 aliphatic heterocycles. The smallest absolute Gasteiger partial charge is 0.346 e.